The lowest BCUT2D eigenvalue weighted by Gasteiger charge is -2.48. The number of hydrogen-bond donors (Lipinski definition) is 2. The summed E-state index contributed by atoms with van der Waals surface area (Å²) < 4.78 is 0. The topological polar surface area (TPSA) is 98.8 Å². The van der Waals surface area contributed by atoms with Crippen LogP contribution in [0, 0.1) is 0 Å². The summed E-state index contributed by atoms with van der Waals surface area (Å²) in [5.41, 5.74) is 0.119. The third kappa shape index (κ3) is 3.66. The second-order valence-electron chi connectivity index (χ2n) is 8.53. The molecule has 8 nitrogen and oxygen atoms in total. The molecule has 3 aliphatic rings. The molecule has 1 saturated heterocycles. The van der Waals surface area contributed by atoms with E-state index in [2.05, 4.69) is 10.6 Å². The standard InChI is InChI=1S/C22H28N4O4/c1-22-12-11-20(29)26(22)17-10-6-5-9-16(17)21(30)25(22)14-19(28)23-13-18(27)24-15-7-3-2-4-8-15/h5-6,9-10,15H,2-4,7-8,11-14H2,1H3,(H,23,28)(H,24,27). The van der Waals surface area contributed by atoms with Crippen LogP contribution in [0.3, 0.4) is 0 Å². The lowest BCUT2D eigenvalue weighted by atomic mass is 9.95. The molecule has 160 valence electrons. The second-order valence-corrected chi connectivity index (χ2v) is 8.53. The van der Waals surface area contributed by atoms with Crippen LogP contribution in [0.1, 0.15) is 62.2 Å². The summed E-state index contributed by atoms with van der Waals surface area (Å²) in [4.78, 5) is 53.5. The Hall–Kier alpha value is -2.90. The van der Waals surface area contributed by atoms with Crippen LogP contribution < -0.4 is 15.5 Å². The Balaban J connectivity index is 1.42. The highest BCUT2D eigenvalue weighted by atomic mass is 16.2. The van der Waals surface area contributed by atoms with E-state index in [1.54, 1.807) is 29.2 Å². The van der Waals surface area contributed by atoms with Gasteiger partial charge in [-0.05, 0) is 38.3 Å². The van der Waals surface area contributed by atoms with Crippen LogP contribution in [0.4, 0.5) is 5.69 Å². The number of amides is 4. The van der Waals surface area contributed by atoms with Gasteiger partial charge >= 0.3 is 0 Å². The van der Waals surface area contributed by atoms with Gasteiger partial charge in [-0.3, -0.25) is 24.1 Å². The summed E-state index contributed by atoms with van der Waals surface area (Å²) >= 11 is 0. The van der Waals surface area contributed by atoms with Crippen molar-refractivity contribution < 1.29 is 19.2 Å². The van der Waals surface area contributed by atoms with Crippen molar-refractivity contribution in [1.82, 2.24) is 15.5 Å². The van der Waals surface area contributed by atoms with Crippen LogP contribution in [0.15, 0.2) is 24.3 Å². The summed E-state index contributed by atoms with van der Waals surface area (Å²) in [6.45, 7) is 1.49. The van der Waals surface area contributed by atoms with Crippen LogP contribution in [0.2, 0.25) is 0 Å². The minimum atomic E-state index is -0.885. The third-order valence-corrected chi connectivity index (χ3v) is 6.46. The fraction of sp³-hybridized carbons (Fsp3) is 0.545. The van der Waals surface area contributed by atoms with Gasteiger partial charge in [0.2, 0.25) is 17.7 Å². The number of carbonyl (C=O) groups is 4. The fourth-order valence-electron chi connectivity index (χ4n) is 4.85. The maximum absolute atomic E-state index is 13.1. The average molecular weight is 412 g/mol. The van der Waals surface area contributed by atoms with Crippen molar-refractivity contribution in [3.8, 4) is 0 Å². The predicted molar refractivity (Wildman–Crippen MR) is 111 cm³/mol. The molecule has 1 unspecified atom stereocenters. The van der Waals surface area contributed by atoms with E-state index in [-0.39, 0.29) is 36.9 Å². The van der Waals surface area contributed by atoms with Crippen LogP contribution in [0.5, 0.6) is 0 Å². The molecular formula is C22H28N4O4. The Morgan fingerprint density at radius 1 is 1.10 bits per heavy atom. The van der Waals surface area contributed by atoms with Gasteiger partial charge in [0.15, 0.2) is 0 Å². The van der Waals surface area contributed by atoms with E-state index in [9.17, 15) is 19.2 Å². The molecule has 1 atom stereocenters. The Kier molecular flexibility index (Phi) is 5.49. The van der Waals surface area contributed by atoms with Gasteiger partial charge in [-0.25, -0.2) is 0 Å². The minimum absolute atomic E-state index is 0.0604. The molecule has 2 fully saturated rings. The zero-order valence-electron chi connectivity index (χ0n) is 17.3. The van der Waals surface area contributed by atoms with Crippen LogP contribution in [0.25, 0.3) is 0 Å². The molecule has 30 heavy (non-hydrogen) atoms. The Labute approximate surface area is 176 Å². The van der Waals surface area contributed by atoms with Crippen molar-refractivity contribution in [3.05, 3.63) is 29.8 Å². The number of para-hydroxylation sites is 1. The van der Waals surface area contributed by atoms with Crippen molar-refractivity contribution in [2.45, 2.75) is 63.6 Å². The smallest absolute Gasteiger partial charge is 0.258 e. The molecule has 0 aromatic heterocycles. The monoisotopic (exact) mass is 412 g/mol. The molecule has 2 heterocycles. The van der Waals surface area contributed by atoms with Crippen LogP contribution >= 0.6 is 0 Å². The highest BCUT2D eigenvalue weighted by molar-refractivity contribution is 6.11. The fourth-order valence-corrected chi connectivity index (χ4v) is 4.85. The van der Waals surface area contributed by atoms with Gasteiger partial charge in [-0.15, -0.1) is 0 Å². The zero-order chi connectivity index (χ0) is 21.3. The van der Waals surface area contributed by atoms with Crippen LogP contribution in [-0.4, -0.2) is 53.3 Å². The molecule has 4 amide bonds. The number of nitrogens with zero attached hydrogens (tertiary/aromatic N) is 2. The second kappa shape index (κ2) is 8.08. The largest absolute Gasteiger partial charge is 0.352 e. The molecule has 1 aromatic rings. The van der Waals surface area contributed by atoms with E-state index in [0.717, 1.165) is 25.7 Å². The van der Waals surface area contributed by atoms with E-state index >= 15 is 0 Å². The van der Waals surface area contributed by atoms with E-state index in [4.69, 9.17) is 0 Å². The summed E-state index contributed by atoms with van der Waals surface area (Å²) in [5.74, 6) is -0.966. The average Bonchev–Trinajstić information content (AvgIpc) is 3.06. The van der Waals surface area contributed by atoms with Gasteiger partial charge in [0.1, 0.15) is 12.2 Å². The lowest BCUT2D eigenvalue weighted by molar-refractivity contribution is -0.127. The van der Waals surface area contributed by atoms with E-state index < -0.39 is 11.6 Å². The first-order valence-electron chi connectivity index (χ1n) is 10.7. The minimum Gasteiger partial charge on any atom is -0.352 e. The molecule has 2 aliphatic heterocycles. The lowest BCUT2D eigenvalue weighted by Crippen LogP contribution is -2.64. The van der Waals surface area contributed by atoms with Crippen LogP contribution in [-0.2, 0) is 14.4 Å². The normalized spacial score (nSPS) is 23.8. The molecule has 1 aromatic carbocycles. The molecule has 8 heteroatoms. The van der Waals surface area contributed by atoms with E-state index in [0.29, 0.717) is 24.1 Å². The summed E-state index contributed by atoms with van der Waals surface area (Å²) in [6.07, 6.45) is 6.16. The Bertz CT molecular complexity index is 880. The molecule has 0 radical (unpaired) electrons. The number of fused-ring (bicyclic) bond motifs is 3. The number of benzene rings is 1. The molecule has 0 spiro atoms. The molecule has 0 bridgehead atoms. The molecule has 4 rings (SSSR count). The van der Waals surface area contributed by atoms with Crippen molar-refractivity contribution in [3.63, 3.8) is 0 Å². The van der Waals surface area contributed by atoms with Gasteiger partial charge in [0.05, 0.1) is 17.8 Å². The molecular weight excluding hydrogens is 384 g/mol. The first-order chi connectivity index (χ1) is 14.4. The Morgan fingerprint density at radius 2 is 1.83 bits per heavy atom. The summed E-state index contributed by atoms with van der Waals surface area (Å²) in [6, 6.07) is 7.16. The van der Waals surface area contributed by atoms with Gasteiger partial charge in [-0.2, -0.15) is 0 Å². The SMILES string of the molecule is CC12CCC(=O)N1c1ccccc1C(=O)N2CC(=O)NCC(=O)NC1CCCCC1. The predicted octanol–water partition coefficient (Wildman–Crippen LogP) is 1.55. The highest BCUT2D eigenvalue weighted by Gasteiger charge is 2.53. The van der Waals surface area contributed by atoms with Gasteiger partial charge in [-0.1, -0.05) is 31.4 Å². The summed E-state index contributed by atoms with van der Waals surface area (Å²) in [5, 5.41) is 5.59. The first kappa shape index (κ1) is 20.4. The number of carbonyl (C=O) groups excluding carboxylic acids is 4. The molecule has 1 saturated carbocycles. The Morgan fingerprint density at radius 3 is 2.60 bits per heavy atom. The van der Waals surface area contributed by atoms with Gasteiger partial charge in [0.25, 0.3) is 5.91 Å². The molecule has 2 N–H and O–H groups in total. The molecule has 1 aliphatic carbocycles. The van der Waals surface area contributed by atoms with Crippen molar-refractivity contribution in [2.24, 2.45) is 0 Å². The zero-order valence-corrected chi connectivity index (χ0v) is 17.3. The maximum atomic E-state index is 13.1. The maximum Gasteiger partial charge on any atom is 0.258 e. The van der Waals surface area contributed by atoms with Crippen molar-refractivity contribution in [1.29, 1.82) is 0 Å². The highest BCUT2D eigenvalue weighted by Crippen LogP contribution is 2.43. The quantitative estimate of drug-likeness (QED) is 0.767. The number of rotatable bonds is 5. The number of hydrogen-bond acceptors (Lipinski definition) is 4. The van der Waals surface area contributed by atoms with Gasteiger partial charge < -0.3 is 15.5 Å². The van der Waals surface area contributed by atoms with Crippen molar-refractivity contribution in [2.75, 3.05) is 18.0 Å². The first-order valence-corrected chi connectivity index (χ1v) is 10.7. The summed E-state index contributed by atoms with van der Waals surface area (Å²) in [7, 11) is 0. The van der Waals surface area contributed by atoms with E-state index in [1.165, 1.54) is 11.3 Å². The van der Waals surface area contributed by atoms with Crippen molar-refractivity contribution >= 4 is 29.3 Å². The number of nitrogens with one attached hydrogen (secondary N) is 2. The third-order valence-electron chi connectivity index (χ3n) is 6.46. The van der Waals surface area contributed by atoms with Gasteiger partial charge in [0, 0.05) is 12.5 Å². The van der Waals surface area contributed by atoms with E-state index in [1.807, 2.05) is 6.92 Å². The number of anilines is 1.